The van der Waals surface area contributed by atoms with E-state index in [-0.39, 0.29) is 17.6 Å². The Morgan fingerprint density at radius 1 is 1.10 bits per heavy atom. The molecule has 2 N–H and O–H groups in total. The monoisotopic (exact) mass is 421 g/mol. The van der Waals surface area contributed by atoms with Crippen LogP contribution in [0.15, 0.2) is 42.9 Å². The minimum Gasteiger partial charge on any atom is -0.494 e. The van der Waals surface area contributed by atoms with Crippen molar-refractivity contribution < 1.29 is 18.7 Å². The van der Waals surface area contributed by atoms with Gasteiger partial charge in [0.15, 0.2) is 23.2 Å². The van der Waals surface area contributed by atoms with Crippen molar-refractivity contribution in [2.45, 2.75) is 19.8 Å². The average molecular weight is 421 g/mol. The van der Waals surface area contributed by atoms with Crippen LogP contribution in [-0.4, -0.2) is 33.8 Å². The van der Waals surface area contributed by atoms with Gasteiger partial charge in [-0.1, -0.05) is 6.07 Å². The Labute approximate surface area is 177 Å². The lowest BCUT2D eigenvalue weighted by Crippen LogP contribution is -2.15. The summed E-state index contributed by atoms with van der Waals surface area (Å²) in [5, 5.41) is 5.97. The first kappa shape index (κ1) is 20.4. The highest BCUT2D eigenvalue weighted by molar-refractivity contribution is 6.01. The molecule has 1 aliphatic carbocycles. The first-order valence-corrected chi connectivity index (χ1v) is 9.70. The molecule has 31 heavy (non-hydrogen) atoms. The van der Waals surface area contributed by atoms with Crippen molar-refractivity contribution in [1.82, 2.24) is 15.0 Å². The van der Waals surface area contributed by atoms with Crippen molar-refractivity contribution in [3.05, 3.63) is 54.2 Å². The number of anilines is 3. The summed E-state index contributed by atoms with van der Waals surface area (Å²) >= 11 is 0. The van der Waals surface area contributed by atoms with Crippen LogP contribution < -0.4 is 15.4 Å². The van der Waals surface area contributed by atoms with Gasteiger partial charge in [0.05, 0.1) is 42.0 Å². The van der Waals surface area contributed by atoms with Crippen LogP contribution in [-0.2, 0) is 4.79 Å². The smallest absolute Gasteiger partial charge is 0.228 e. The number of Topliss-reactive ketones (excluding diaryl/α,β-unsaturated/α-hetero) is 1. The quantitative estimate of drug-likeness (QED) is 0.556. The van der Waals surface area contributed by atoms with E-state index in [9.17, 15) is 14.0 Å². The highest BCUT2D eigenvalue weighted by atomic mass is 19.1. The lowest BCUT2D eigenvalue weighted by molar-refractivity contribution is -0.117. The first-order chi connectivity index (χ1) is 15.0. The predicted octanol–water partition coefficient (Wildman–Crippen LogP) is 3.98. The second kappa shape index (κ2) is 8.47. The van der Waals surface area contributed by atoms with Gasteiger partial charge in [-0.25, -0.2) is 19.3 Å². The number of hydrogen-bond acceptors (Lipinski definition) is 7. The van der Waals surface area contributed by atoms with Crippen LogP contribution in [0.2, 0.25) is 0 Å². The number of halogens is 1. The average Bonchev–Trinajstić information content (AvgIpc) is 3.60. The summed E-state index contributed by atoms with van der Waals surface area (Å²) in [4.78, 5) is 36.4. The number of amides is 1. The van der Waals surface area contributed by atoms with Crippen LogP contribution in [0.4, 0.5) is 21.6 Å². The zero-order chi connectivity index (χ0) is 22.0. The Morgan fingerprint density at radius 3 is 2.48 bits per heavy atom. The molecule has 0 radical (unpaired) electrons. The molecule has 4 rings (SSSR count). The Bertz CT molecular complexity index is 1150. The summed E-state index contributed by atoms with van der Waals surface area (Å²) < 4.78 is 18.8. The molecular formula is C22H20FN5O3. The minimum absolute atomic E-state index is 0.0261. The fourth-order valence-corrected chi connectivity index (χ4v) is 3.11. The van der Waals surface area contributed by atoms with Crippen LogP contribution in [0.5, 0.6) is 5.75 Å². The molecule has 158 valence electrons. The lowest BCUT2D eigenvalue weighted by atomic mass is 10.1. The van der Waals surface area contributed by atoms with Crippen LogP contribution in [0.25, 0.3) is 11.4 Å². The Kier molecular flexibility index (Phi) is 5.57. The summed E-state index contributed by atoms with van der Waals surface area (Å²) in [6, 6.07) is 6.88. The van der Waals surface area contributed by atoms with Gasteiger partial charge in [0.25, 0.3) is 0 Å². The summed E-state index contributed by atoms with van der Waals surface area (Å²) in [5.41, 5.74) is 1.91. The van der Waals surface area contributed by atoms with Gasteiger partial charge in [-0.3, -0.25) is 9.59 Å². The first-order valence-electron chi connectivity index (χ1n) is 9.70. The largest absolute Gasteiger partial charge is 0.494 e. The molecule has 1 aliphatic rings. The van der Waals surface area contributed by atoms with E-state index in [0.717, 1.165) is 25.2 Å². The number of pyridine rings is 1. The molecule has 1 fully saturated rings. The second-order valence-corrected chi connectivity index (χ2v) is 7.17. The number of para-hydroxylation sites is 1. The van der Waals surface area contributed by atoms with E-state index in [1.165, 1.54) is 20.2 Å². The van der Waals surface area contributed by atoms with Gasteiger partial charge in [0.1, 0.15) is 5.82 Å². The topological polar surface area (TPSA) is 106 Å². The molecule has 2 aromatic heterocycles. The SMILES string of the molecule is COc1c(Nc2cc(NC(=O)C3CC3)ncc2C(C)=O)cccc1-c1ncc(F)cn1. The van der Waals surface area contributed by atoms with Crippen molar-refractivity contribution in [3.8, 4) is 17.1 Å². The van der Waals surface area contributed by atoms with E-state index >= 15 is 0 Å². The molecule has 0 atom stereocenters. The third kappa shape index (κ3) is 4.50. The van der Waals surface area contributed by atoms with Crippen molar-refractivity contribution in [1.29, 1.82) is 0 Å². The van der Waals surface area contributed by atoms with Crippen LogP contribution in [0, 0.1) is 11.7 Å². The highest BCUT2D eigenvalue weighted by Gasteiger charge is 2.30. The van der Waals surface area contributed by atoms with E-state index < -0.39 is 5.82 Å². The van der Waals surface area contributed by atoms with E-state index in [2.05, 4.69) is 25.6 Å². The number of ketones is 1. The number of rotatable bonds is 7. The van der Waals surface area contributed by atoms with Gasteiger partial charge in [-0.2, -0.15) is 0 Å². The molecule has 0 unspecified atom stereocenters. The van der Waals surface area contributed by atoms with Crippen molar-refractivity contribution in [3.63, 3.8) is 0 Å². The Morgan fingerprint density at radius 2 is 1.84 bits per heavy atom. The van der Waals surface area contributed by atoms with E-state index in [1.54, 1.807) is 24.3 Å². The number of ether oxygens (including phenoxy) is 1. The van der Waals surface area contributed by atoms with E-state index in [4.69, 9.17) is 4.74 Å². The number of benzene rings is 1. The number of nitrogens with zero attached hydrogens (tertiary/aromatic N) is 3. The Balaban J connectivity index is 1.70. The fraction of sp³-hybridized carbons (Fsp3) is 0.227. The van der Waals surface area contributed by atoms with E-state index in [1.807, 2.05) is 0 Å². The number of hydrogen-bond donors (Lipinski definition) is 2. The molecular weight excluding hydrogens is 401 g/mol. The van der Waals surface area contributed by atoms with Crippen LogP contribution in [0.3, 0.4) is 0 Å². The fourth-order valence-electron chi connectivity index (χ4n) is 3.11. The van der Waals surface area contributed by atoms with Crippen LogP contribution >= 0.6 is 0 Å². The van der Waals surface area contributed by atoms with Gasteiger partial charge >= 0.3 is 0 Å². The van der Waals surface area contributed by atoms with Crippen molar-refractivity contribution in [2.24, 2.45) is 5.92 Å². The molecule has 3 aromatic rings. The predicted molar refractivity (Wildman–Crippen MR) is 113 cm³/mol. The molecule has 9 heteroatoms. The van der Waals surface area contributed by atoms with Gasteiger partial charge < -0.3 is 15.4 Å². The van der Waals surface area contributed by atoms with Gasteiger partial charge in [0.2, 0.25) is 5.91 Å². The molecule has 8 nitrogen and oxygen atoms in total. The number of methoxy groups -OCH3 is 1. The molecule has 2 heterocycles. The van der Waals surface area contributed by atoms with Crippen LogP contribution in [0.1, 0.15) is 30.1 Å². The maximum atomic E-state index is 13.2. The molecule has 1 amide bonds. The second-order valence-electron chi connectivity index (χ2n) is 7.17. The molecule has 1 saturated carbocycles. The normalized spacial score (nSPS) is 12.9. The third-order valence-corrected chi connectivity index (χ3v) is 4.83. The standard InChI is InChI=1S/C22H20FN5O3/c1-12(29)16-11-24-19(28-22(30)13-6-7-13)8-18(16)27-17-5-3-4-15(20(17)31-2)21-25-9-14(23)10-26-21/h3-5,8-11,13H,6-7H2,1-2H3,(H2,24,27,28,30). The minimum atomic E-state index is -0.541. The Hall–Kier alpha value is -3.88. The molecule has 0 aliphatic heterocycles. The molecule has 0 bridgehead atoms. The summed E-state index contributed by atoms with van der Waals surface area (Å²) in [5.74, 6) is 0.277. The number of carbonyl (C=O) groups is 2. The highest BCUT2D eigenvalue weighted by Crippen LogP contribution is 2.37. The van der Waals surface area contributed by atoms with Gasteiger partial charge in [-0.05, 0) is 31.9 Å². The number of carbonyl (C=O) groups excluding carboxylic acids is 2. The maximum Gasteiger partial charge on any atom is 0.228 e. The summed E-state index contributed by atoms with van der Waals surface area (Å²) in [6.45, 7) is 1.44. The summed E-state index contributed by atoms with van der Waals surface area (Å²) in [6.07, 6.45) is 5.32. The van der Waals surface area contributed by atoms with E-state index in [0.29, 0.717) is 39.9 Å². The van der Waals surface area contributed by atoms with Gasteiger partial charge in [0, 0.05) is 18.2 Å². The zero-order valence-electron chi connectivity index (χ0n) is 17.0. The van der Waals surface area contributed by atoms with Crippen molar-refractivity contribution >= 4 is 28.9 Å². The molecule has 1 aromatic carbocycles. The lowest BCUT2D eigenvalue weighted by Gasteiger charge is -2.17. The van der Waals surface area contributed by atoms with Crippen molar-refractivity contribution in [2.75, 3.05) is 17.7 Å². The number of nitrogens with one attached hydrogen (secondary N) is 2. The third-order valence-electron chi connectivity index (χ3n) is 4.83. The molecule has 0 saturated heterocycles. The molecule has 0 spiro atoms. The maximum absolute atomic E-state index is 13.2. The van der Waals surface area contributed by atoms with Gasteiger partial charge in [-0.15, -0.1) is 0 Å². The zero-order valence-corrected chi connectivity index (χ0v) is 17.0. The summed E-state index contributed by atoms with van der Waals surface area (Å²) in [7, 11) is 1.49. The number of aromatic nitrogens is 3.